The molecule has 2 aliphatic rings. The summed E-state index contributed by atoms with van der Waals surface area (Å²) in [6.07, 6.45) is 6.18. The number of ether oxygens (including phenoxy) is 1. The molecule has 1 aliphatic carbocycles. The molecule has 0 spiro atoms. The van der Waals surface area contributed by atoms with E-state index in [4.69, 9.17) is 4.74 Å². The number of carbonyl (C=O) groups excluding carboxylic acids is 1. The lowest BCUT2D eigenvalue weighted by Gasteiger charge is -2.32. The monoisotopic (exact) mass is 457 g/mol. The van der Waals surface area contributed by atoms with Crippen LogP contribution in [0.5, 0.6) is 0 Å². The van der Waals surface area contributed by atoms with Gasteiger partial charge in [0.2, 0.25) is 0 Å². The highest BCUT2D eigenvalue weighted by atomic mass is 32.2. The maximum Gasteiger partial charge on any atom is 0.262 e. The van der Waals surface area contributed by atoms with Gasteiger partial charge in [0.1, 0.15) is 0 Å². The zero-order valence-corrected chi connectivity index (χ0v) is 19.0. The summed E-state index contributed by atoms with van der Waals surface area (Å²) in [4.78, 5) is 14.9. The molecule has 3 rings (SSSR count). The number of amides is 1. The van der Waals surface area contributed by atoms with Crippen LogP contribution in [0.3, 0.4) is 0 Å². The van der Waals surface area contributed by atoms with Gasteiger partial charge >= 0.3 is 0 Å². The summed E-state index contributed by atoms with van der Waals surface area (Å²) in [5.41, 5.74) is 0. The maximum atomic E-state index is 13.2. The fourth-order valence-corrected chi connectivity index (χ4v) is 6.32. The van der Waals surface area contributed by atoms with E-state index in [9.17, 15) is 18.4 Å². The summed E-state index contributed by atoms with van der Waals surface area (Å²) in [7, 11) is -4.07. The van der Waals surface area contributed by atoms with Crippen LogP contribution in [0.15, 0.2) is 34.1 Å². The smallest absolute Gasteiger partial charge is 0.262 e. The van der Waals surface area contributed by atoms with Crippen LogP contribution >= 0.6 is 11.8 Å². The number of hydrogen-bond acceptors (Lipinski definition) is 7. The molecule has 30 heavy (non-hydrogen) atoms. The lowest BCUT2D eigenvalue weighted by atomic mass is 10.0. The van der Waals surface area contributed by atoms with E-state index in [1.54, 1.807) is 23.9 Å². The van der Waals surface area contributed by atoms with Crippen molar-refractivity contribution in [2.45, 2.75) is 54.1 Å². The quantitative estimate of drug-likeness (QED) is 0.474. The molecular formula is C20H31N3O5S2. The van der Waals surface area contributed by atoms with Crippen LogP contribution in [0.25, 0.3) is 0 Å². The highest BCUT2D eigenvalue weighted by Gasteiger charge is 2.32. The number of rotatable bonds is 8. The number of hydrazine groups is 1. The van der Waals surface area contributed by atoms with Gasteiger partial charge in [0.15, 0.2) is 0 Å². The third-order valence-corrected chi connectivity index (χ3v) is 8.57. The van der Waals surface area contributed by atoms with Gasteiger partial charge in [-0.05, 0) is 37.1 Å². The molecule has 1 amide bonds. The summed E-state index contributed by atoms with van der Waals surface area (Å²) >= 11 is 1.79. The number of nitrogens with zero attached hydrogens (tertiary/aromatic N) is 3. The minimum atomic E-state index is -4.07. The second-order valence-electron chi connectivity index (χ2n) is 7.66. The van der Waals surface area contributed by atoms with Gasteiger partial charge in [0.05, 0.1) is 18.1 Å². The molecule has 1 heterocycles. The van der Waals surface area contributed by atoms with Crippen LogP contribution < -0.4 is 0 Å². The molecule has 0 unspecified atom stereocenters. The molecule has 10 heteroatoms. The number of sulfonamides is 1. The van der Waals surface area contributed by atoms with Crippen molar-refractivity contribution in [1.82, 2.24) is 14.5 Å². The van der Waals surface area contributed by atoms with Crippen LogP contribution in [0.2, 0.25) is 0 Å². The minimum Gasteiger partial charge on any atom is -0.379 e. The molecule has 8 nitrogen and oxygen atoms in total. The van der Waals surface area contributed by atoms with Crippen molar-refractivity contribution in [3.63, 3.8) is 0 Å². The molecule has 1 saturated heterocycles. The standard InChI is InChI=1S/C20H31N3O5S2/c1-17(24)23(25)22(12-11-21-13-15-28-16-14-21)30(26,27)20-9-7-19(8-10-20)29-18-5-3-2-4-6-18/h7-10,18,25H,2-6,11-16H2,1H3. The minimum absolute atomic E-state index is 0.0308. The average Bonchev–Trinajstić information content (AvgIpc) is 2.75. The number of morpholine rings is 1. The van der Waals surface area contributed by atoms with Gasteiger partial charge in [-0.3, -0.25) is 14.9 Å². The Morgan fingerprint density at radius 3 is 2.40 bits per heavy atom. The molecule has 1 aromatic carbocycles. The summed E-state index contributed by atoms with van der Waals surface area (Å²) < 4.78 is 32.4. The van der Waals surface area contributed by atoms with E-state index in [2.05, 4.69) is 0 Å². The highest BCUT2D eigenvalue weighted by Crippen LogP contribution is 2.34. The van der Waals surface area contributed by atoms with Gasteiger partial charge in [-0.1, -0.05) is 23.7 Å². The van der Waals surface area contributed by atoms with Crippen molar-refractivity contribution >= 4 is 27.7 Å². The number of hydroxylamine groups is 1. The first-order valence-corrected chi connectivity index (χ1v) is 12.8. The summed E-state index contributed by atoms with van der Waals surface area (Å²) in [6.45, 7) is 4.03. The first-order chi connectivity index (χ1) is 14.4. The Labute approximate surface area is 183 Å². The van der Waals surface area contributed by atoms with Crippen molar-refractivity contribution in [2.24, 2.45) is 0 Å². The second-order valence-corrected chi connectivity index (χ2v) is 10.9. The van der Waals surface area contributed by atoms with Crippen molar-refractivity contribution in [3.8, 4) is 0 Å². The SMILES string of the molecule is CC(=O)N(O)N(CCN1CCOCC1)S(=O)(=O)c1ccc(SC2CCCCC2)cc1. The van der Waals surface area contributed by atoms with Gasteiger partial charge in [-0.2, -0.15) is 0 Å². The van der Waals surface area contributed by atoms with Gasteiger partial charge in [0, 0.05) is 43.2 Å². The molecule has 2 fully saturated rings. The lowest BCUT2D eigenvalue weighted by Crippen LogP contribution is -2.50. The van der Waals surface area contributed by atoms with Crippen molar-refractivity contribution < 1.29 is 23.2 Å². The Hall–Kier alpha value is -1.17. The Morgan fingerprint density at radius 1 is 1.17 bits per heavy atom. The molecule has 1 saturated carbocycles. The van der Waals surface area contributed by atoms with Crippen molar-refractivity contribution in [1.29, 1.82) is 0 Å². The normalized spacial score (nSPS) is 19.2. The predicted octanol–water partition coefficient (Wildman–Crippen LogP) is 2.59. The predicted molar refractivity (Wildman–Crippen MR) is 115 cm³/mol. The Balaban J connectivity index is 1.71. The number of carbonyl (C=O) groups is 1. The summed E-state index contributed by atoms with van der Waals surface area (Å²) in [5, 5.41) is 10.9. The fraction of sp³-hybridized carbons (Fsp3) is 0.650. The van der Waals surface area contributed by atoms with Gasteiger partial charge < -0.3 is 4.74 Å². The molecule has 1 aliphatic heterocycles. The van der Waals surface area contributed by atoms with Crippen LogP contribution in [0.4, 0.5) is 0 Å². The fourth-order valence-electron chi connectivity index (χ4n) is 3.71. The van der Waals surface area contributed by atoms with Crippen LogP contribution in [-0.4, -0.2) is 78.7 Å². The largest absolute Gasteiger partial charge is 0.379 e. The van der Waals surface area contributed by atoms with Gasteiger partial charge in [-0.15, -0.1) is 16.9 Å². The summed E-state index contributed by atoms with van der Waals surface area (Å²) in [5.74, 6) is -0.759. The third kappa shape index (κ3) is 6.18. The van der Waals surface area contributed by atoms with E-state index in [0.717, 1.165) is 16.2 Å². The topological polar surface area (TPSA) is 90.4 Å². The molecule has 0 atom stereocenters. The lowest BCUT2D eigenvalue weighted by molar-refractivity contribution is -0.209. The molecule has 0 bridgehead atoms. The Bertz CT molecular complexity index is 791. The maximum absolute atomic E-state index is 13.2. The second kappa shape index (κ2) is 10.9. The van der Waals surface area contributed by atoms with Crippen LogP contribution in [0, 0.1) is 0 Å². The average molecular weight is 458 g/mol. The van der Waals surface area contributed by atoms with E-state index >= 15 is 0 Å². The van der Waals surface area contributed by atoms with E-state index in [-0.39, 0.29) is 16.6 Å². The molecule has 1 aromatic rings. The Morgan fingerprint density at radius 2 is 1.80 bits per heavy atom. The molecule has 0 radical (unpaired) electrons. The van der Waals surface area contributed by atoms with Crippen LogP contribution in [-0.2, 0) is 19.6 Å². The zero-order valence-electron chi connectivity index (χ0n) is 17.4. The molecule has 1 N–H and O–H groups in total. The highest BCUT2D eigenvalue weighted by molar-refractivity contribution is 8.00. The first-order valence-electron chi connectivity index (χ1n) is 10.5. The summed E-state index contributed by atoms with van der Waals surface area (Å²) in [6, 6.07) is 6.72. The zero-order chi connectivity index (χ0) is 21.6. The van der Waals surface area contributed by atoms with Crippen molar-refractivity contribution in [2.75, 3.05) is 39.4 Å². The van der Waals surface area contributed by atoms with E-state index < -0.39 is 15.9 Å². The van der Waals surface area contributed by atoms with Gasteiger partial charge in [-0.25, -0.2) is 8.42 Å². The van der Waals surface area contributed by atoms with E-state index in [1.807, 2.05) is 17.0 Å². The van der Waals surface area contributed by atoms with Gasteiger partial charge in [0.25, 0.3) is 15.9 Å². The van der Waals surface area contributed by atoms with E-state index in [0.29, 0.717) is 38.1 Å². The number of thioether (sulfide) groups is 1. The first kappa shape index (κ1) is 23.5. The number of benzene rings is 1. The molecular weight excluding hydrogens is 426 g/mol. The van der Waals surface area contributed by atoms with Crippen molar-refractivity contribution in [3.05, 3.63) is 24.3 Å². The third-order valence-electron chi connectivity index (χ3n) is 5.46. The number of hydrogen-bond donors (Lipinski definition) is 1. The Kier molecular flexibility index (Phi) is 8.55. The van der Waals surface area contributed by atoms with Crippen LogP contribution in [0.1, 0.15) is 39.0 Å². The van der Waals surface area contributed by atoms with E-state index in [1.165, 1.54) is 32.1 Å². The molecule has 168 valence electrons. The molecule has 0 aromatic heterocycles.